The fourth-order valence-electron chi connectivity index (χ4n) is 1.93. The van der Waals surface area contributed by atoms with E-state index in [1.165, 1.54) is 6.07 Å². The van der Waals surface area contributed by atoms with Gasteiger partial charge in [0.25, 0.3) is 5.91 Å². The van der Waals surface area contributed by atoms with Crippen molar-refractivity contribution < 1.29 is 18.0 Å². The Hall–Kier alpha value is -1.60. The molecular weight excluding hydrogens is 304 g/mol. The van der Waals surface area contributed by atoms with Gasteiger partial charge in [-0.3, -0.25) is 20.4 Å². The number of amides is 2. The lowest BCUT2D eigenvalue weighted by Gasteiger charge is -2.11. The first-order chi connectivity index (χ1) is 9.39. The molecule has 0 spiro atoms. The third-order valence-electron chi connectivity index (χ3n) is 3.02. The zero-order valence-corrected chi connectivity index (χ0v) is 12.0. The minimum absolute atomic E-state index is 0.00352. The highest BCUT2D eigenvalue weighted by molar-refractivity contribution is 7.91. The molecule has 0 aliphatic carbocycles. The quantitative estimate of drug-likeness (QED) is 0.779. The van der Waals surface area contributed by atoms with Crippen molar-refractivity contribution >= 4 is 33.3 Å². The molecule has 108 valence electrons. The van der Waals surface area contributed by atoms with E-state index in [0.29, 0.717) is 0 Å². The number of benzene rings is 1. The lowest BCUT2D eigenvalue weighted by molar-refractivity contribution is -0.125. The molecule has 1 aromatic carbocycles. The minimum atomic E-state index is -3.13. The van der Waals surface area contributed by atoms with E-state index >= 15 is 0 Å². The maximum Gasteiger partial charge on any atom is 0.271 e. The first-order valence-corrected chi connectivity index (χ1v) is 8.14. The molecule has 8 heteroatoms. The Balaban J connectivity index is 1.91. The van der Waals surface area contributed by atoms with Crippen LogP contribution in [0.3, 0.4) is 0 Å². The summed E-state index contributed by atoms with van der Waals surface area (Å²) in [7, 11) is -3.13. The summed E-state index contributed by atoms with van der Waals surface area (Å²) in [5.41, 5.74) is 4.68. The van der Waals surface area contributed by atoms with E-state index in [9.17, 15) is 18.0 Å². The van der Waals surface area contributed by atoms with Crippen LogP contribution in [0.2, 0.25) is 5.02 Å². The molecule has 20 heavy (non-hydrogen) atoms. The van der Waals surface area contributed by atoms with Crippen molar-refractivity contribution in [2.24, 2.45) is 5.92 Å². The molecule has 1 saturated heterocycles. The number of halogens is 1. The second-order valence-corrected chi connectivity index (χ2v) is 7.16. The normalized spacial score (nSPS) is 20.4. The predicted octanol–water partition coefficient (Wildman–Crippen LogP) is 0.536. The number of carbonyl (C=O) groups excluding carboxylic acids is 2. The van der Waals surface area contributed by atoms with Gasteiger partial charge in [0.1, 0.15) is 0 Å². The van der Waals surface area contributed by atoms with Crippen LogP contribution in [0.4, 0.5) is 0 Å². The number of carbonyl (C=O) groups is 2. The van der Waals surface area contributed by atoms with Gasteiger partial charge in [-0.1, -0.05) is 23.7 Å². The summed E-state index contributed by atoms with van der Waals surface area (Å²) in [4.78, 5) is 23.5. The number of hydrogen-bond donors (Lipinski definition) is 2. The zero-order valence-electron chi connectivity index (χ0n) is 10.4. The molecule has 0 radical (unpaired) electrons. The first-order valence-electron chi connectivity index (χ1n) is 5.94. The highest BCUT2D eigenvalue weighted by Gasteiger charge is 2.33. The Bertz CT molecular complexity index is 645. The van der Waals surface area contributed by atoms with Crippen molar-refractivity contribution in [2.45, 2.75) is 6.42 Å². The van der Waals surface area contributed by atoms with Crippen LogP contribution in [-0.4, -0.2) is 31.7 Å². The monoisotopic (exact) mass is 316 g/mol. The third-order valence-corrected chi connectivity index (χ3v) is 5.12. The van der Waals surface area contributed by atoms with Crippen LogP contribution in [0.15, 0.2) is 24.3 Å². The third kappa shape index (κ3) is 3.49. The molecule has 2 N–H and O–H groups in total. The molecule has 1 aromatic rings. The molecule has 1 fully saturated rings. The van der Waals surface area contributed by atoms with Crippen LogP contribution in [-0.2, 0) is 14.6 Å². The van der Waals surface area contributed by atoms with Crippen molar-refractivity contribution in [3.8, 4) is 0 Å². The van der Waals surface area contributed by atoms with Crippen LogP contribution in [0.5, 0.6) is 0 Å². The van der Waals surface area contributed by atoms with Crippen molar-refractivity contribution in [3.63, 3.8) is 0 Å². The smallest absolute Gasteiger partial charge is 0.271 e. The topological polar surface area (TPSA) is 92.3 Å². The maximum absolute atomic E-state index is 11.8. The Kier molecular flexibility index (Phi) is 4.29. The minimum Gasteiger partial charge on any atom is -0.273 e. The van der Waals surface area contributed by atoms with E-state index in [0.717, 1.165) is 0 Å². The van der Waals surface area contributed by atoms with Gasteiger partial charge in [-0.05, 0) is 18.6 Å². The van der Waals surface area contributed by atoms with E-state index in [-0.39, 0.29) is 28.5 Å². The molecule has 6 nitrogen and oxygen atoms in total. The number of hydrazine groups is 1. The van der Waals surface area contributed by atoms with Crippen molar-refractivity contribution in [3.05, 3.63) is 34.9 Å². The molecule has 2 amide bonds. The Morgan fingerprint density at radius 2 is 1.90 bits per heavy atom. The highest BCUT2D eigenvalue weighted by atomic mass is 35.5. The van der Waals surface area contributed by atoms with Gasteiger partial charge in [-0.25, -0.2) is 8.42 Å². The lowest BCUT2D eigenvalue weighted by atomic mass is 10.1. The highest BCUT2D eigenvalue weighted by Crippen LogP contribution is 2.18. The van der Waals surface area contributed by atoms with Crippen LogP contribution in [0.1, 0.15) is 16.8 Å². The van der Waals surface area contributed by atoms with Gasteiger partial charge < -0.3 is 0 Å². The average molecular weight is 317 g/mol. The fraction of sp³-hybridized carbons (Fsp3) is 0.333. The molecule has 2 rings (SSSR count). The van der Waals surface area contributed by atoms with Crippen molar-refractivity contribution in [2.75, 3.05) is 11.5 Å². The van der Waals surface area contributed by atoms with E-state index < -0.39 is 27.6 Å². The summed E-state index contributed by atoms with van der Waals surface area (Å²) >= 11 is 5.85. The molecule has 0 aromatic heterocycles. The molecule has 1 aliphatic rings. The molecule has 1 atom stereocenters. The molecule has 0 bridgehead atoms. The van der Waals surface area contributed by atoms with Gasteiger partial charge in [-0.15, -0.1) is 0 Å². The van der Waals surface area contributed by atoms with E-state index in [1.807, 2.05) is 0 Å². The number of rotatable bonds is 2. The summed E-state index contributed by atoms with van der Waals surface area (Å²) < 4.78 is 22.5. The average Bonchev–Trinajstić information content (AvgIpc) is 2.76. The largest absolute Gasteiger partial charge is 0.273 e. The van der Waals surface area contributed by atoms with E-state index in [2.05, 4.69) is 10.9 Å². The summed E-state index contributed by atoms with van der Waals surface area (Å²) in [6.45, 7) is 0. The summed E-state index contributed by atoms with van der Waals surface area (Å²) in [5.74, 6) is -1.85. The lowest BCUT2D eigenvalue weighted by Crippen LogP contribution is -2.44. The van der Waals surface area contributed by atoms with Gasteiger partial charge in [0.15, 0.2) is 9.84 Å². The summed E-state index contributed by atoms with van der Waals surface area (Å²) in [6.07, 6.45) is 0.274. The number of nitrogens with one attached hydrogen (secondary N) is 2. The van der Waals surface area contributed by atoms with E-state index in [4.69, 9.17) is 11.6 Å². The maximum atomic E-state index is 11.8. The molecule has 1 heterocycles. The van der Waals surface area contributed by atoms with E-state index in [1.54, 1.807) is 18.2 Å². The molecule has 1 aliphatic heterocycles. The standard InChI is InChI=1S/C12H13ClN2O4S/c13-10-4-2-1-3-9(10)12(17)15-14-11(16)8-5-6-20(18,19)7-8/h1-4,8H,5-7H2,(H,14,16)(H,15,17)/t8-/m0/s1. The van der Waals surface area contributed by atoms with Gasteiger partial charge in [0.05, 0.1) is 28.0 Å². The summed E-state index contributed by atoms with van der Waals surface area (Å²) in [6, 6.07) is 6.40. The van der Waals surface area contributed by atoms with Crippen LogP contribution in [0, 0.1) is 5.92 Å². The Morgan fingerprint density at radius 3 is 2.50 bits per heavy atom. The second kappa shape index (κ2) is 5.80. The van der Waals surface area contributed by atoms with Crippen molar-refractivity contribution in [1.82, 2.24) is 10.9 Å². The van der Waals surface area contributed by atoms with Crippen LogP contribution in [0.25, 0.3) is 0 Å². The number of hydrogen-bond acceptors (Lipinski definition) is 4. The zero-order chi connectivity index (χ0) is 14.8. The number of sulfone groups is 1. The van der Waals surface area contributed by atoms with Crippen LogP contribution >= 0.6 is 11.6 Å². The van der Waals surface area contributed by atoms with Gasteiger partial charge in [0.2, 0.25) is 5.91 Å². The molecule has 0 unspecified atom stereocenters. The summed E-state index contributed by atoms with van der Waals surface area (Å²) in [5, 5.41) is 0.266. The molecular formula is C12H13ClN2O4S. The SMILES string of the molecule is O=C(NNC(=O)[C@H]1CCS(=O)(=O)C1)c1ccccc1Cl. The Labute approximate surface area is 121 Å². The Morgan fingerprint density at radius 1 is 1.20 bits per heavy atom. The van der Waals surface area contributed by atoms with Gasteiger partial charge >= 0.3 is 0 Å². The van der Waals surface area contributed by atoms with Gasteiger partial charge in [-0.2, -0.15) is 0 Å². The van der Waals surface area contributed by atoms with Crippen LogP contribution < -0.4 is 10.9 Å². The van der Waals surface area contributed by atoms with Gasteiger partial charge in [0, 0.05) is 0 Å². The predicted molar refractivity (Wildman–Crippen MR) is 73.8 cm³/mol. The fourth-order valence-corrected chi connectivity index (χ4v) is 3.90. The second-order valence-electron chi connectivity index (χ2n) is 4.52. The molecule has 0 saturated carbocycles. The van der Waals surface area contributed by atoms with Crippen molar-refractivity contribution in [1.29, 1.82) is 0 Å². The first kappa shape index (κ1) is 14.8.